The fourth-order valence-electron chi connectivity index (χ4n) is 1.41. The van der Waals surface area contributed by atoms with Gasteiger partial charge in [0.25, 0.3) is 15.7 Å². The maximum atomic E-state index is 12.1. The van der Waals surface area contributed by atoms with Crippen LogP contribution in [0.15, 0.2) is 23.1 Å². The number of nitro benzene ring substituents is 1. The lowest BCUT2D eigenvalue weighted by Gasteiger charge is -2.06. The quantitative estimate of drug-likeness (QED) is 0.489. The molecule has 0 unspecified atom stereocenters. The Labute approximate surface area is 117 Å². The molecule has 1 aromatic heterocycles. The Morgan fingerprint density at radius 2 is 2.15 bits per heavy atom. The van der Waals surface area contributed by atoms with Crippen LogP contribution in [0.25, 0.3) is 0 Å². The molecule has 1 aromatic carbocycles. The van der Waals surface area contributed by atoms with E-state index in [2.05, 4.69) is 14.1 Å². The van der Waals surface area contributed by atoms with Crippen LogP contribution in [0.5, 0.6) is 0 Å². The molecular weight excluding hydrogens is 306 g/mol. The van der Waals surface area contributed by atoms with E-state index in [4.69, 9.17) is 5.73 Å². The molecule has 3 N–H and O–H groups in total. The predicted octanol–water partition coefficient (Wildman–Crippen LogP) is 1.14. The molecule has 0 radical (unpaired) electrons. The molecule has 0 atom stereocenters. The molecule has 0 aliphatic rings. The minimum atomic E-state index is -4.13. The number of sulfonamides is 1. The highest BCUT2D eigenvalue weighted by Crippen LogP contribution is 2.28. The van der Waals surface area contributed by atoms with Crippen molar-refractivity contribution in [3.05, 3.63) is 34.1 Å². The van der Waals surface area contributed by atoms with E-state index in [0.29, 0.717) is 5.82 Å². The van der Waals surface area contributed by atoms with Gasteiger partial charge in [-0.3, -0.25) is 14.8 Å². The van der Waals surface area contributed by atoms with Crippen LogP contribution in [0, 0.1) is 17.0 Å². The zero-order valence-corrected chi connectivity index (χ0v) is 11.7. The molecule has 0 amide bonds. The molecule has 0 fully saturated rings. The van der Waals surface area contributed by atoms with Gasteiger partial charge in [-0.05, 0) is 19.1 Å². The maximum Gasteiger partial charge on any atom is 0.291 e. The van der Waals surface area contributed by atoms with Crippen molar-refractivity contribution in [2.45, 2.75) is 11.8 Å². The Morgan fingerprint density at radius 1 is 1.45 bits per heavy atom. The lowest BCUT2D eigenvalue weighted by atomic mass is 10.3. The third-order valence-electron chi connectivity index (χ3n) is 2.22. The summed E-state index contributed by atoms with van der Waals surface area (Å²) in [5.74, 6) is 0.402. The zero-order valence-electron chi connectivity index (χ0n) is 10.1. The summed E-state index contributed by atoms with van der Waals surface area (Å²) in [5, 5.41) is 10.9. The Morgan fingerprint density at radius 3 is 2.70 bits per heavy atom. The summed E-state index contributed by atoms with van der Waals surface area (Å²) in [6.45, 7) is 1.60. The van der Waals surface area contributed by atoms with Crippen molar-refractivity contribution >= 4 is 38.1 Å². The fourth-order valence-corrected chi connectivity index (χ4v) is 3.36. The van der Waals surface area contributed by atoms with Crippen LogP contribution in [0.3, 0.4) is 0 Å². The lowest BCUT2D eigenvalue weighted by molar-refractivity contribution is -0.387. The van der Waals surface area contributed by atoms with Gasteiger partial charge in [-0.15, -0.1) is 0 Å². The largest absolute Gasteiger partial charge is 0.399 e. The topological polar surface area (TPSA) is 141 Å². The molecule has 1 heterocycles. The third kappa shape index (κ3) is 2.83. The number of anilines is 2. The van der Waals surface area contributed by atoms with E-state index in [1.54, 1.807) is 6.92 Å². The number of hydrogen-bond donors (Lipinski definition) is 2. The zero-order chi connectivity index (χ0) is 14.9. The first-order valence-corrected chi connectivity index (χ1v) is 7.42. The summed E-state index contributed by atoms with van der Waals surface area (Å²) in [4.78, 5) is 13.5. The van der Waals surface area contributed by atoms with E-state index >= 15 is 0 Å². The third-order valence-corrected chi connectivity index (χ3v) is 4.46. The molecule has 9 nitrogen and oxygen atoms in total. The minimum Gasteiger partial charge on any atom is -0.399 e. The predicted molar refractivity (Wildman–Crippen MR) is 73.0 cm³/mol. The van der Waals surface area contributed by atoms with Crippen LogP contribution in [0.2, 0.25) is 0 Å². The van der Waals surface area contributed by atoms with E-state index in [9.17, 15) is 18.5 Å². The molecule has 0 saturated heterocycles. The summed E-state index contributed by atoms with van der Waals surface area (Å²) in [5.41, 5.74) is 4.93. The maximum absolute atomic E-state index is 12.1. The normalized spacial score (nSPS) is 11.2. The van der Waals surface area contributed by atoms with Crippen LogP contribution in [-0.2, 0) is 10.0 Å². The number of aromatic nitrogens is 2. The molecule has 2 rings (SSSR count). The van der Waals surface area contributed by atoms with Gasteiger partial charge >= 0.3 is 0 Å². The van der Waals surface area contributed by atoms with Gasteiger partial charge in [0.2, 0.25) is 5.13 Å². The second kappa shape index (κ2) is 5.02. The van der Waals surface area contributed by atoms with Crippen molar-refractivity contribution < 1.29 is 13.3 Å². The van der Waals surface area contributed by atoms with Crippen LogP contribution in [-0.4, -0.2) is 22.7 Å². The standard InChI is InChI=1S/C9H9N5O4S2/c1-5-11-9(19-12-5)13-20(17,18)8-3-2-6(10)4-7(8)14(15)16/h2-4H,10H2,1H3,(H,11,12,13). The van der Waals surface area contributed by atoms with Crippen LogP contribution in [0.4, 0.5) is 16.5 Å². The van der Waals surface area contributed by atoms with Crippen molar-refractivity contribution in [2.75, 3.05) is 10.5 Å². The SMILES string of the molecule is Cc1nsc(NS(=O)(=O)c2ccc(N)cc2[N+](=O)[O-])n1. The second-order valence-corrected chi connectivity index (χ2v) is 6.14. The molecule has 106 valence electrons. The number of hydrogen-bond acceptors (Lipinski definition) is 8. The molecule has 11 heteroatoms. The number of rotatable bonds is 4. The molecule has 0 saturated carbocycles. The number of benzene rings is 1. The molecule has 0 spiro atoms. The summed E-state index contributed by atoms with van der Waals surface area (Å²) in [6.07, 6.45) is 0. The fraction of sp³-hybridized carbons (Fsp3) is 0.111. The van der Waals surface area contributed by atoms with Gasteiger partial charge in [0.05, 0.1) is 4.92 Å². The van der Waals surface area contributed by atoms with E-state index in [1.807, 2.05) is 0 Å². The summed E-state index contributed by atoms with van der Waals surface area (Å²) in [6, 6.07) is 3.33. The van der Waals surface area contributed by atoms with Gasteiger partial charge in [-0.25, -0.2) is 13.4 Å². The summed E-state index contributed by atoms with van der Waals surface area (Å²) >= 11 is 0.843. The summed E-state index contributed by atoms with van der Waals surface area (Å²) in [7, 11) is -4.13. The first kappa shape index (κ1) is 14.1. The van der Waals surface area contributed by atoms with Gasteiger partial charge in [-0.2, -0.15) is 4.37 Å². The van der Waals surface area contributed by atoms with Crippen molar-refractivity contribution in [1.29, 1.82) is 0 Å². The van der Waals surface area contributed by atoms with Gasteiger partial charge in [-0.1, -0.05) is 0 Å². The Kier molecular flexibility index (Phi) is 3.55. The van der Waals surface area contributed by atoms with Crippen molar-refractivity contribution in [1.82, 2.24) is 9.36 Å². The number of aryl methyl sites for hydroxylation is 1. The number of nitrogen functional groups attached to an aromatic ring is 1. The average molecular weight is 315 g/mol. The molecule has 0 bridgehead atoms. The van der Waals surface area contributed by atoms with Gasteiger partial charge < -0.3 is 5.73 Å². The van der Waals surface area contributed by atoms with E-state index in [1.165, 1.54) is 6.07 Å². The van der Waals surface area contributed by atoms with Crippen LogP contribution >= 0.6 is 11.5 Å². The smallest absolute Gasteiger partial charge is 0.291 e. The lowest BCUT2D eigenvalue weighted by Crippen LogP contribution is -2.14. The Hall–Kier alpha value is -2.27. The summed E-state index contributed by atoms with van der Waals surface area (Å²) < 4.78 is 30.2. The highest BCUT2D eigenvalue weighted by atomic mass is 32.2. The van der Waals surface area contributed by atoms with Crippen molar-refractivity contribution in [2.24, 2.45) is 0 Å². The van der Waals surface area contributed by atoms with E-state index < -0.39 is 25.5 Å². The number of nitrogens with one attached hydrogen (secondary N) is 1. The highest BCUT2D eigenvalue weighted by Gasteiger charge is 2.26. The monoisotopic (exact) mass is 315 g/mol. The Balaban J connectivity index is 2.46. The van der Waals surface area contributed by atoms with Crippen molar-refractivity contribution in [3.63, 3.8) is 0 Å². The number of nitro groups is 1. The molecular formula is C9H9N5O4S2. The average Bonchev–Trinajstić information content (AvgIpc) is 2.73. The van der Waals surface area contributed by atoms with Gasteiger partial charge in [0.15, 0.2) is 4.90 Å². The molecule has 20 heavy (non-hydrogen) atoms. The first-order chi connectivity index (χ1) is 9.29. The highest BCUT2D eigenvalue weighted by molar-refractivity contribution is 7.93. The van der Waals surface area contributed by atoms with Gasteiger partial charge in [0, 0.05) is 23.3 Å². The molecule has 2 aromatic rings. The first-order valence-electron chi connectivity index (χ1n) is 5.16. The number of nitrogens with two attached hydrogens (primary N) is 1. The minimum absolute atomic E-state index is 0.0358. The number of nitrogens with zero attached hydrogens (tertiary/aromatic N) is 3. The van der Waals surface area contributed by atoms with Crippen LogP contribution in [0.1, 0.15) is 5.82 Å². The van der Waals surface area contributed by atoms with Crippen LogP contribution < -0.4 is 10.5 Å². The van der Waals surface area contributed by atoms with E-state index in [-0.39, 0.29) is 10.8 Å². The molecule has 0 aliphatic carbocycles. The second-order valence-electron chi connectivity index (χ2n) is 3.74. The molecule has 0 aliphatic heterocycles. The van der Waals surface area contributed by atoms with E-state index in [0.717, 1.165) is 23.7 Å². The van der Waals surface area contributed by atoms with Gasteiger partial charge in [0.1, 0.15) is 5.82 Å². The van der Waals surface area contributed by atoms with Crippen molar-refractivity contribution in [3.8, 4) is 0 Å². The Bertz CT molecular complexity index is 770.